The van der Waals surface area contributed by atoms with Crippen molar-refractivity contribution in [3.8, 4) is 11.5 Å². The Hall–Kier alpha value is -8.68. The van der Waals surface area contributed by atoms with E-state index in [2.05, 4.69) is 25.3 Å². The Morgan fingerprint density at radius 2 is 0.898 bits per heavy atom. The van der Waals surface area contributed by atoms with Crippen molar-refractivity contribution in [1.29, 1.82) is 0 Å². The van der Waals surface area contributed by atoms with Gasteiger partial charge in [-0.2, -0.15) is 0 Å². The van der Waals surface area contributed by atoms with Gasteiger partial charge in [0.2, 0.25) is 0 Å². The number of fused-ring (bicyclic) bond motifs is 1. The molecule has 25 heteroatoms. The molecular formula is C63H76F4N10O11. The highest BCUT2D eigenvalue weighted by atomic mass is 19.1. The Morgan fingerprint density at radius 3 is 1.31 bits per heavy atom. The number of aliphatic hydroxyl groups is 1. The van der Waals surface area contributed by atoms with E-state index in [1.54, 1.807) is 61.5 Å². The molecule has 6 aliphatic heterocycles. The maximum absolute atomic E-state index is 13.2. The summed E-state index contributed by atoms with van der Waals surface area (Å²) in [4.78, 5) is 85.9. The average Bonchev–Trinajstić information content (AvgIpc) is 4.03. The van der Waals surface area contributed by atoms with Gasteiger partial charge in [-0.05, 0) is 148 Å². The number of benzene rings is 5. The Kier molecular flexibility index (Phi) is 24.0. The first-order chi connectivity index (χ1) is 42.5. The van der Waals surface area contributed by atoms with E-state index in [1.807, 2.05) is 21.9 Å². The van der Waals surface area contributed by atoms with Crippen LogP contribution in [0.4, 0.5) is 40.3 Å². The van der Waals surface area contributed by atoms with Crippen molar-refractivity contribution in [2.75, 3.05) is 164 Å². The summed E-state index contributed by atoms with van der Waals surface area (Å²) in [5.41, 5.74) is 4.37. The molecule has 472 valence electrons. The molecule has 5 saturated heterocycles. The summed E-state index contributed by atoms with van der Waals surface area (Å²) in [7, 11) is 0. The second kappa shape index (κ2) is 32.3. The van der Waals surface area contributed by atoms with Crippen LogP contribution in [0.1, 0.15) is 31.4 Å². The van der Waals surface area contributed by atoms with E-state index in [9.17, 15) is 51.4 Å². The molecule has 4 amide bonds. The Balaban J connectivity index is 0.000000166. The zero-order valence-electron chi connectivity index (χ0n) is 49.3. The van der Waals surface area contributed by atoms with Crippen LogP contribution in [0.25, 0.3) is 0 Å². The summed E-state index contributed by atoms with van der Waals surface area (Å²) in [5, 5.41) is 26.0. The van der Waals surface area contributed by atoms with Crippen LogP contribution in [0.5, 0.6) is 11.5 Å². The van der Waals surface area contributed by atoms with E-state index >= 15 is 0 Å². The highest BCUT2D eigenvalue weighted by Gasteiger charge is 2.33. The molecule has 21 nitrogen and oxygen atoms in total. The maximum Gasteiger partial charge on any atom is 0.397 e. The first-order valence-corrected chi connectivity index (χ1v) is 29.6. The van der Waals surface area contributed by atoms with Gasteiger partial charge in [-0.25, -0.2) is 27.2 Å². The number of halogens is 4. The smallest absolute Gasteiger partial charge is 0.397 e. The summed E-state index contributed by atoms with van der Waals surface area (Å²) in [6.07, 6.45) is 1.11. The third-order valence-corrected chi connectivity index (χ3v) is 15.7. The molecule has 88 heavy (non-hydrogen) atoms. The highest BCUT2D eigenvalue weighted by Crippen LogP contribution is 2.34. The summed E-state index contributed by atoms with van der Waals surface area (Å²) >= 11 is 0. The molecule has 0 aliphatic carbocycles. The summed E-state index contributed by atoms with van der Waals surface area (Å²) in [5.74, 6) is -4.87. The molecule has 0 radical (unpaired) electrons. The molecule has 5 aromatic carbocycles. The number of nitrogens with zero attached hydrogens (tertiary/aromatic N) is 8. The fraction of sp³-hybridized carbons (Fsp3) is 0.429. The van der Waals surface area contributed by atoms with E-state index in [4.69, 9.17) is 19.3 Å². The predicted molar refractivity (Wildman–Crippen MR) is 321 cm³/mol. The third-order valence-electron chi connectivity index (χ3n) is 15.7. The van der Waals surface area contributed by atoms with Crippen LogP contribution in [0.2, 0.25) is 0 Å². The number of carbonyl (C=O) groups excluding carboxylic acids is 5. The fourth-order valence-corrected chi connectivity index (χ4v) is 10.8. The Labute approximate surface area is 508 Å². The number of amides is 4. The molecule has 0 aromatic heterocycles. The number of nitrogens with one attached hydrogen (secondary N) is 2. The van der Waals surface area contributed by atoms with Gasteiger partial charge in [-0.1, -0.05) is 6.07 Å². The lowest BCUT2D eigenvalue weighted by molar-refractivity contribution is -0.160. The largest absolute Gasteiger partial charge is 0.486 e. The van der Waals surface area contributed by atoms with Gasteiger partial charge in [0.25, 0.3) is 0 Å². The molecule has 5 aromatic rings. The first kappa shape index (κ1) is 65.3. The lowest BCUT2D eigenvalue weighted by atomic mass is 10.0. The number of carbonyl (C=O) groups is 6. The van der Waals surface area contributed by atoms with Crippen LogP contribution in [0.3, 0.4) is 0 Å². The van der Waals surface area contributed by atoms with Crippen molar-refractivity contribution in [2.24, 2.45) is 0 Å². The fourth-order valence-electron chi connectivity index (χ4n) is 10.8. The van der Waals surface area contributed by atoms with Crippen LogP contribution in [-0.4, -0.2) is 216 Å². The van der Waals surface area contributed by atoms with Gasteiger partial charge in [0.15, 0.2) is 11.5 Å². The monoisotopic (exact) mass is 1220 g/mol. The lowest BCUT2D eigenvalue weighted by Crippen LogP contribution is -2.55. The van der Waals surface area contributed by atoms with E-state index in [-0.39, 0.29) is 29.9 Å². The topological polar surface area (TPSA) is 221 Å². The van der Waals surface area contributed by atoms with E-state index in [0.29, 0.717) is 115 Å². The number of carboxylic acids is 1. The molecule has 11 rings (SSSR count). The molecule has 4 N–H and O–H groups in total. The number of aliphatic carboxylic acids is 1. The van der Waals surface area contributed by atoms with E-state index < -0.39 is 47.7 Å². The minimum atomic E-state index is -1.43. The first-order valence-electron chi connectivity index (χ1n) is 29.6. The number of esters is 1. The number of likely N-dealkylation sites (tertiary alicyclic amines) is 1. The van der Waals surface area contributed by atoms with Gasteiger partial charge in [-0.15, -0.1) is 0 Å². The second-order valence-electron chi connectivity index (χ2n) is 21.4. The normalized spacial score (nSPS) is 17.4. The standard InChI is InChI=1S/C27H33FN4O5.C14H17FN2O3.C12H13FN2O3.C10H13FN2/c28-20-4-6-21(7-5-20)31-11-13-32(14-12-31)27(35)26(34)29-22(18-30-9-1-2-10-30)25(33)19-3-8-23-24(17-19)37-16-15-36-23;1-2-20-14(19)13(18)17-9-7-16(8-10-17)12-5-3-11(15)4-6-12;13-9-1-3-10(4-2-9)14-5-7-15(8-6-14)11(16)12(17)18;11-9-1-3-10(4-2-9)13-7-5-12-6-8-13/h3-8,17,22,25,33H,1-2,9-16,18H2,(H,29,34);3-6H,2,7-10H2,1H3;1-4H,5-8H2,(H,17,18);1-4,12H,5-8H2/t22-,25-;;;/m1.../s1. The lowest BCUT2D eigenvalue weighted by Gasteiger charge is -2.36. The molecule has 5 fully saturated rings. The zero-order chi connectivity index (χ0) is 62.5. The Bertz CT molecular complexity index is 3080. The van der Waals surface area contributed by atoms with Crippen molar-refractivity contribution in [2.45, 2.75) is 31.9 Å². The van der Waals surface area contributed by atoms with Gasteiger partial charge in [0, 0.05) is 134 Å². The molecule has 0 unspecified atom stereocenters. The molecule has 0 bridgehead atoms. The van der Waals surface area contributed by atoms with Gasteiger partial charge in [0.05, 0.1) is 12.6 Å². The van der Waals surface area contributed by atoms with Gasteiger partial charge >= 0.3 is 35.6 Å². The number of aliphatic hydroxyl groups excluding tert-OH is 1. The molecule has 0 saturated carbocycles. The van der Waals surface area contributed by atoms with Crippen molar-refractivity contribution in [1.82, 2.24) is 30.2 Å². The molecule has 6 heterocycles. The number of anilines is 4. The second-order valence-corrected chi connectivity index (χ2v) is 21.4. The van der Waals surface area contributed by atoms with Gasteiger partial charge in [-0.3, -0.25) is 19.2 Å². The van der Waals surface area contributed by atoms with Crippen LogP contribution < -0.4 is 39.7 Å². The summed E-state index contributed by atoms with van der Waals surface area (Å²) < 4.78 is 67.4. The average molecular weight is 1230 g/mol. The third kappa shape index (κ3) is 18.7. The van der Waals surface area contributed by atoms with Gasteiger partial charge in [0.1, 0.15) is 42.6 Å². The van der Waals surface area contributed by atoms with Crippen LogP contribution in [0, 0.1) is 23.3 Å². The van der Waals surface area contributed by atoms with Crippen LogP contribution in [0.15, 0.2) is 115 Å². The number of hydrogen-bond acceptors (Lipinski definition) is 16. The minimum absolute atomic E-state index is 0.168. The minimum Gasteiger partial charge on any atom is -0.486 e. The molecule has 2 atom stereocenters. The summed E-state index contributed by atoms with van der Waals surface area (Å²) in [6, 6.07) is 29.8. The number of carboxylic acid groups (broad SMARTS) is 1. The van der Waals surface area contributed by atoms with Crippen molar-refractivity contribution in [3.05, 3.63) is 144 Å². The van der Waals surface area contributed by atoms with Crippen molar-refractivity contribution >= 4 is 58.3 Å². The van der Waals surface area contributed by atoms with Crippen molar-refractivity contribution < 1.29 is 70.8 Å². The van der Waals surface area contributed by atoms with Crippen LogP contribution in [-0.2, 0) is 33.5 Å². The summed E-state index contributed by atoms with van der Waals surface area (Å²) in [6.45, 7) is 14.8. The van der Waals surface area contributed by atoms with Crippen LogP contribution >= 0.6 is 0 Å². The SMILES string of the molecule is CCOC(=O)C(=O)N1CCN(c2ccc(F)cc2)CC1.Fc1ccc(N2CCNCC2)cc1.O=C(N[C@H](CN1CCCC1)[C@H](O)c1ccc2c(c1)OCCO2)C(=O)N1CCN(c2ccc(F)cc2)CC1.O=C(O)C(=O)N1CCN(c2ccc(F)cc2)CC1. The number of rotatable bonds is 10. The predicted octanol–water partition coefficient (Wildman–Crippen LogP) is 4.39. The zero-order valence-corrected chi connectivity index (χ0v) is 49.3. The number of piperazine rings is 4. The number of hydrogen-bond donors (Lipinski definition) is 4. The maximum atomic E-state index is 13.2. The number of ether oxygens (including phenoxy) is 3. The highest BCUT2D eigenvalue weighted by molar-refractivity contribution is 6.35. The quantitative estimate of drug-likeness (QED) is 0.0866. The molecule has 6 aliphatic rings. The van der Waals surface area contributed by atoms with Crippen molar-refractivity contribution in [3.63, 3.8) is 0 Å². The molecule has 0 spiro atoms. The van der Waals surface area contributed by atoms with E-state index in [1.165, 1.54) is 63.2 Å². The van der Waals surface area contributed by atoms with E-state index in [0.717, 1.165) is 74.9 Å². The Morgan fingerprint density at radius 1 is 0.511 bits per heavy atom. The van der Waals surface area contributed by atoms with Gasteiger partial charge < -0.3 is 74.3 Å². The molecular weight excluding hydrogens is 1150 g/mol.